The van der Waals surface area contributed by atoms with Crippen molar-refractivity contribution in [3.63, 3.8) is 0 Å². The molecule has 1 aromatic rings. The normalized spacial score (nSPS) is 16.2. The van der Waals surface area contributed by atoms with Crippen molar-refractivity contribution in [1.82, 2.24) is 15.1 Å². The Bertz CT molecular complexity index is 484. The molecule has 0 saturated carbocycles. The van der Waals surface area contributed by atoms with E-state index in [2.05, 4.69) is 52.4 Å². The molecule has 5 heteroatoms. The molecule has 5 nitrogen and oxygen atoms in total. The van der Waals surface area contributed by atoms with Gasteiger partial charge in [-0.1, -0.05) is 30.3 Å². The van der Waals surface area contributed by atoms with E-state index in [1.54, 1.807) is 0 Å². The van der Waals surface area contributed by atoms with Gasteiger partial charge < -0.3 is 15.0 Å². The number of piperazine rings is 1. The summed E-state index contributed by atoms with van der Waals surface area (Å²) in [6, 6.07) is 10.7. The lowest BCUT2D eigenvalue weighted by Gasteiger charge is -2.36. The van der Waals surface area contributed by atoms with Crippen LogP contribution in [-0.4, -0.2) is 68.2 Å². The lowest BCUT2D eigenvalue weighted by atomic mass is 10.2. The minimum Gasteiger partial charge on any atom is -0.382 e. The molecule has 1 saturated heterocycles. The number of hydrogen-bond acceptors (Lipinski definition) is 3. The summed E-state index contributed by atoms with van der Waals surface area (Å²) in [5.41, 5.74) is 1.39. The Morgan fingerprint density at radius 2 is 1.84 bits per heavy atom. The van der Waals surface area contributed by atoms with Crippen LogP contribution >= 0.6 is 0 Å². The third-order valence-electron chi connectivity index (χ3n) is 4.42. The lowest BCUT2D eigenvalue weighted by molar-refractivity contribution is 0.144. The molecule has 0 spiro atoms. The van der Waals surface area contributed by atoms with E-state index in [1.165, 1.54) is 5.56 Å². The van der Waals surface area contributed by atoms with E-state index >= 15 is 0 Å². The first-order chi connectivity index (χ1) is 12.3. The molecular formula is C20H34N4O. The summed E-state index contributed by atoms with van der Waals surface area (Å²) in [7, 11) is 0. The summed E-state index contributed by atoms with van der Waals surface area (Å²) in [6.45, 7) is 12.9. The molecule has 0 amide bonds. The van der Waals surface area contributed by atoms with Crippen molar-refractivity contribution in [2.45, 2.75) is 33.2 Å². The smallest absolute Gasteiger partial charge is 0.194 e. The molecule has 140 valence electrons. The van der Waals surface area contributed by atoms with Crippen LogP contribution in [0, 0.1) is 0 Å². The molecule has 1 aliphatic heterocycles. The molecular weight excluding hydrogens is 312 g/mol. The molecule has 0 aliphatic carbocycles. The van der Waals surface area contributed by atoms with E-state index < -0.39 is 0 Å². The van der Waals surface area contributed by atoms with Crippen LogP contribution in [0.15, 0.2) is 35.3 Å². The van der Waals surface area contributed by atoms with E-state index in [1.807, 2.05) is 6.92 Å². The van der Waals surface area contributed by atoms with Crippen LogP contribution in [0.1, 0.15) is 32.3 Å². The van der Waals surface area contributed by atoms with Gasteiger partial charge in [0.05, 0.1) is 0 Å². The summed E-state index contributed by atoms with van der Waals surface area (Å²) in [4.78, 5) is 9.72. The first-order valence-electron chi connectivity index (χ1n) is 9.70. The van der Waals surface area contributed by atoms with Gasteiger partial charge in [0.25, 0.3) is 0 Å². The number of nitrogens with zero attached hydrogens (tertiary/aromatic N) is 3. The summed E-state index contributed by atoms with van der Waals surface area (Å²) in [5.74, 6) is 1.07. The van der Waals surface area contributed by atoms with Gasteiger partial charge in [-0.05, 0) is 32.3 Å². The minimum absolute atomic E-state index is 0.805. The topological polar surface area (TPSA) is 40.1 Å². The number of hydrogen-bond donors (Lipinski definition) is 1. The van der Waals surface area contributed by atoms with Crippen molar-refractivity contribution in [1.29, 1.82) is 0 Å². The fourth-order valence-electron chi connectivity index (χ4n) is 3.03. The average Bonchev–Trinajstić information content (AvgIpc) is 2.65. The molecule has 1 aliphatic rings. The third-order valence-corrected chi connectivity index (χ3v) is 4.42. The molecule has 1 aromatic carbocycles. The van der Waals surface area contributed by atoms with E-state index in [-0.39, 0.29) is 0 Å². The van der Waals surface area contributed by atoms with Crippen molar-refractivity contribution in [3.05, 3.63) is 35.9 Å². The van der Waals surface area contributed by atoms with Gasteiger partial charge >= 0.3 is 0 Å². The quantitative estimate of drug-likeness (QED) is 0.424. The maximum atomic E-state index is 5.38. The third kappa shape index (κ3) is 7.45. The van der Waals surface area contributed by atoms with E-state index in [0.29, 0.717) is 0 Å². The van der Waals surface area contributed by atoms with Crippen molar-refractivity contribution < 1.29 is 4.74 Å². The van der Waals surface area contributed by atoms with Crippen LogP contribution in [0.2, 0.25) is 0 Å². The Morgan fingerprint density at radius 1 is 1.08 bits per heavy atom. The molecule has 0 radical (unpaired) electrons. The fraction of sp³-hybridized carbons (Fsp3) is 0.650. The summed E-state index contributed by atoms with van der Waals surface area (Å²) in [6.07, 6.45) is 2.17. The summed E-state index contributed by atoms with van der Waals surface area (Å²) >= 11 is 0. The van der Waals surface area contributed by atoms with E-state index in [9.17, 15) is 0 Å². The fourth-order valence-corrected chi connectivity index (χ4v) is 3.03. The van der Waals surface area contributed by atoms with Gasteiger partial charge in [-0.3, -0.25) is 9.89 Å². The van der Waals surface area contributed by atoms with Crippen LogP contribution in [0.25, 0.3) is 0 Å². The number of benzene rings is 1. The molecule has 1 heterocycles. The van der Waals surface area contributed by atoms with Crippen molar-refractivity contribution in [2.75, 3.05) is 52.5 Å². The first kappa shape index (κ1) is 19.7. The van der Waals surface area contributed by atoms with E-state index in [4.69, 9.17) is 9.73 Å². The zero-order valence-corrected chi connectivity index (χ0v) is 15.9. The second-order valence-corrected chi connectivity index (χ2v) is 6.39. The maximum Gasteiger partial charge on any atom is 0.194 e. The van der Waals surface area contributed by atoms with Crippen molar-refractivity contribution in [2.24, 2.45) is 4.99 Å². The number of ether oxygens (including phenoxy) is 1. The number of guanidine groups is 1. The Hall–Kier alpha value is -1.59. The largest absolute Gasteiger partial charge is 0.382 e. The number of rotatable bonds is 9. The zero-order chi connectivity index (χ0) is 17.7. The highest BCUT2D eigenvalue weighted by Crippen LogP contribution is 2.08. The van der Waals surface area contributed by atoms with Crippen molar-refractivity contribution >= 4 is 5.96 Å². The predicted octanol–water partition coefficient (Wildman–Crippen LogP) is 2.59. The number of unbranched alkanes of at least 4 members (excludes halogenated alkanes) is 1. The molecule has 0 atom stereocenters. The predicted molar refractivity (Wildman–Crippen MR) is 105 cm³/mol. The average molecular weight is 347 g/mol. The van der Waals surface area contributed by atoms with Gasteiger partial charge in [-0.25, -0.2) is 0 Å². The number of aliphatic imine (C=N–C) groups is 1. The zero-order valence-electron chi connectivity index (χ0n) is 15.9. The van der Waals surface area contributed by atoms with Crippen molar-refractivity contribution in [3.8, 4) is 0 Å². The first-order valence-corrected chi connectivity index (χ1v) is 9.70. The Labute approximate surface area is 153 Å². The molecule has 0 aromatic heterocycles. The van der Waals surface area contributed by atoms with Gasteiger partial charge in [-0.2, -0.15) is 0 Å². The summed E-state index contributed by atoms with van der Waals surface area (Å²) < 4.78 is 5.38. The van der Waals surface area contributed by atoms with Gasteiger partial charge in [0.2, 0.25) is 0 Å². The molecule has 2 rings (SSSR count). The van der Waals surface area contributed by atoms with Gasteiger partial charge in [0.1, 0.15) is 0 Å². The van der Waals surface area contributed by atoms with Gasteiger partial charge in [-0.15, -0.1) is 0 Å². The van der Waals surface area contributed by atoms with Crippen LogP contribution in [0.4, 0.5) is 0 Å². The highest BCUT2D eigenvalue weighted by atomic mass is 16.5. The molecule has 1 fully saturated rings. The highest BCUT2D eigenvalue weighted by molar-refractivity contribution is 5.80. The van der Waals surface area contributed by atoms with Crippen LogP contribution < -0.4 is 5.32 Å². The molecule has 25 heavy (non-hydrogen) atoms. The van der Waals surface area contributed by atoms with Gasteiger partial charge in [0.15, 0.2) is 5.96 Å². The Morgan fingerprint density at radius 3 is 2.52 bits per heavy atom. The van der Waals surface area contributed by atoms with Gasteiger partial charge in [0, 0.05) is 59.0 Å². The Kier molecular flexibility index (Phi) is 9.37. The van der Waals surface area contributed by atoms with Crippen LogP contribution in [-0.2, 0) is 11.3 Å². The number of nitrogens with one attached hydrogen (secondary N) is 1. The molecule has 1 N–H and O–H groups in total. The van der Waals surface area contributed by atoms with Crippen LogP contribution in [0.3, 0.4) is 0 Å². The van der Waals surface area contributed by atoms with E-state index in [0.717, 1.165) is 77.8 Å². The van der Waals surface area contributed by atoms with Crippen LogP contribution in [0.5, 0.6) is 0 Å². The monoisotopic (exact) mass is 346 g/mol. The standard InChI is InChI=1S/C20H34N4O/c1-3-21-20(22-12-8-9-17-25-4-2)24-15-13-23(14-16-24)18-19-10-6-5-7-11-19/h5-7,10-11H,3-4,8-9,12-18H2,1-2H3,(H,21,22). The second-order valence-electron chi connectivity index (χ2n) is 6.39. The minimum atomic E-state index is 0.805. The second kappa shape index (κ2) is 11.9. The lowest BCUT2D eigenvalue weighted by Crippen LogP contribution is -2.52. The Balaban J connectivity index is 1.75. The SMILES string of the molecule is CCNC(=NCCCCOCC)N1CCN(Cc2ccccc2)CC1. The highest BCUT2D eigenvalue weighted by Gasteiger charge is 2.19. The summed E-state index contributed by atoms with van der Waals surface area (Å²) in [5, 5.41) is 3.45. The maximum absolute atomic E-state index is 5.38. The molecule has 0 bridgehead atoms. The molecule has 0 unspecified atom stereocenters.